The third-order valence-corrected chi connectivity index (χ3v) is 4.66. The molecule has 0 nitrogen and oxygen atoms in total. The summed E-state index contributed by atoms with van der Waals surface area (Å²) < 4.78 is 0. The Labute approximate surface area is 100 Å². The van der Waals surface area contributed by atoms with E-state index in [2.05, 4.69) is 24.3 Å². The van der Waals surface area contributed by atoms with Gasteiger partial charge in [-0.15, -0.1) is 0 Å². The van der Waals surface area contributed by atoms with Crippen LogP contribution in [0.4, 0.5) is 0 Å². The first-order valence-corrected chi connectivity index (χ1v) is 5.93. The first kappa shape index (κ1) is 11.7. The van der Waals surface area contributed by atoms with E-state index in [1.807, 2.05) is 0 Å². The largest absolute Gasteiger partial charge is 0.0804 e. The van der Waals surface area contributed by atoms with Crippen LogP contribution in [0.3, 0.4) is 0 Å². The first-order valence-electron chi connectivity index (χ1n) is 5.93. The molecule has 0 N–H and O–H groups in total. The van der Waals surface area contributed by atoms with E-state index in [4.69, 9.17) is 0 Å². The highest BCUT2D eigenvalue weighted by atomic mass is 14.7. The van der Waals surface area contributed by atoms with E-state index >= 15 is 0 Å². The van der Waals surface area contributed by atoms with Crippen molar-refractivity contribution >= 4 is 0 Å². The second-order valence-corrected chi connectivity index (χ2v) is 5.61. The number of rotatable bonds is 0. The Balaban J connectivity index is 0.000000482. The lowest BCUT2D eigenvalue weighted by Gasteiger charge is -2.10. The van der Waals surface area contributed by atoms with Gasteiger partial charge in [-0.2, -0.15) is 0 Å². The van der Waals surface area contributed by atoms with Gasteiger partial charge < -0.3 is 0 Å². The van der Waals surface area contributed by atoms with Crippen LogP contribution in [0.25, 0.3) is 0 Å². The van der Waals surface area contributed by atoms with Gasteiger partial charge in [-0.05, 0) is 60.5 Å². The zero-order chi connectivity index (χ0) is 9.23. The summed E-state index contributed by atoms with van der Waals surface area (Å²) in [4.78, 5) is 0. The molecule has 0 radical (unpaired) electrons. The van der Waals surface area contributed by atoms with E-state index < -0.39 is 0 Å². The Morgan fingerprint density at radius 2 is 1.19 bits per heavy atom. The van der Waals surface area contributed by atoms with Crippen molar-refractivity contribution < 1.29 is 0 Å². The van der Waals surface area contributed by atoms with E-state index in [1.54, 1.807) is 11.1 Å². The summed E-state index contributed by atoms with van der Waals surface area (Å²) in [5.41, 5.74) is 4.78. The van der Waals surface area contributed by atoms with Gasteiger partial charge in [0.1, 0.15) is 0 Å². The summed E-state index contributed by atoms with van der Waals surface area (Å²) in [6.07, 6.45) is 18.1. The Bertz CT molecular complexity index is 348. The van der Waals surface area contributed by atoms with Gasteiger partial charge in [0.25, 0.3) is 0 Å². The van der Waals surface area contributed by atoms with Crippen LogP contribution >= 0.6 is 0 Å². The normalized spacial score (nSPS) is 29.5. The van der Waals surface area contributed by atoms with Crippen molar-refractivity contribution in [1.29, 1.82) is 0 Å². The molecule has 16 heavy (non-hydrogen) atoms. The average Bonchev–Trinajstić information content (AvgIpc) is 2.99. The highest BCUT2D eigenvalue weighted by Gasteiger charge is 2.62. The van der Waals surface area contributed by atoms with Gasteiger partial charge >= 0.3 is 0 Å². The molecule has 2 fully saturated rings. The minimum Gasteiger partial charge on any atom is -0.0804 e. The molecular formula is C16H24. The maximum atomic E-state index is 2.44. The molecule has 0 heterocycles. The lowest BCUT2D eigenvalue weighted by molar-refractivity contribution is 0.485. The van der Waals surface area contributed by atoms with Gasteiger partial charge in [0, 0.05) is 0 Å². The minimum absolute atomic E-state index is 0. The maximum absolute atomic E-state index is 2.44. The van der Waals surface area contributed by atoms with Crippen LogP contribution in [-0.4, -0.2) is 0 Å². The van der Waals surface area contributed by atoms with Crippen molar-refractivity contribution in [2.75, 3.05) is 0 Å². The van der Waals surface area contributed by atoms with E-state index in [-0.39, 0.29) is 14.9 Å². The molecule has 4 aliphatic rings. The van der Waals surface area contributed by atoms with Crippen LogP contribution in [0.5, 0.6) is 0 Å². The quantitative estimate of drug-likeness (QED) is 0.532. The van der Waals surface area contributed by atoms with Gasteiger partial charge in [0.05, 0.1) is 0 Å². The maximum Gasteiger partial charge on any atom is -0.00350 e. The molecule has 0 amide bonds. The lowest BCUT2D eigenvalue weighted by Crippen LogP contribution is -2.00. The molecule has 0 unspecified atom stereocenters. The Morgan fingerprint density at radius 3 is 1.56 bits per heavy atom. The van der Waals surface area contributed by atoms with Crippen LogP contribution in [0.15, 0.2) is 35.5 Å². The number of hydrogen-bond acceptors (Lipinski definition) is 0. The standard InChI is InChI=1S/C14H16.2CH4/c1-2-4-11-12(5-3-1)14(8-9-14)10-13(11)6-7-13;;/h2-5H,1,6-10H2;2*1H4. The van der Waals surface area contributed by atoms with Crippen LogP contribution in [0.1, 0.15) is 53.4 Å². The molecule has 0 saturated heterocycles. The topological polar surface area (TPSA) is 0 Å². The van der Waals surface area contributed by atoms with Crippen LogP contribution in [0, 0.1) is 10.8 Å². The molecule has 0 heteroatoms. The highest BCUT2D eigenvalue weighted by Crippen LogP contribution is 2.74. The monoisotopic (exact) mass is 216 g/mol. The van der Waals surface area contributed by atoms with E-state index in [0.29, 0.717) is 10.8 Å². The summed E-state index contributed by atoms with van der Waals surface area (Å²) in [6.45, 7) is 0. The van der Waals surface area contributed by atoms with E-state index in [0.717, 1.165) is 6.42 Å². The summed E-state index contributed by atoms with van der Waals surface area (Å²) in [7, 11) is 0. The summed E-state index contributed by atoms with van der Waals surface area (Å²) >= 11 is 0. The third kappa shape index (κ3) is 1.28. The molecule has 2 saturated carbocycles. The Morgan fingerprint density at radius 1 is 0.750 bits per heavy atom. The summed E-state index contributed by atoms with van der Waals surface area (Å²) in [5, 5.41) is 0. The van der Waals surface area contributed by atoms with Gasteiger partial charge in [-0.1, -0.05) is 39.2 Å². The fourth-order valence-corrected chi connectivity index (χ4v) is 3.59. The lowest BCUT2D eigenvalue weighted by atomic mass is 9.94. The van der Waals surface area contributed by atoms with Crippen LogP contribution < -0.4 is 0 Å². The number of hydrogen-bond donors (Lipinski definition) is 0. The van der Waals surface area contributed by atoms with Crippen molar-refractivity contribution in [3.63, 3.8) is 0 Å². The molecule has 0 aromatic carbocycles. The molecule has 0 aliphatic heterocycles. The zero-order valence-electron chi connectivity index (χ0n) is 8.55. The zero-order valence-corrected chi connectivity index (χ0v) is 8.55. The molecule has 4 rings (SSSR count). The predicted molar refractivity (Wildman–Crippen MR) is 71.3 cm³/mol. The number of fused-ring (bicyclic) bond motifs is 2. The second kappa shape index (κ2) is 3.35. The van der Waals surface area contributed by atoms with Crippen molar-refractivity contribution in [3.05, 3.63) is 35.5 Å². The fraction of sp³-hybridized carbons (Fsp3) is 0.625. The Hall–Kier alpha value is -0.780. The predicted octanol–water partition coefficient (Wildman–Crippen LogP) is 5.04. The first-order chi connectivity index (χ1) is 6.85. The molecule has 0 aromatic rings. The van der Waals surface area contributed by atoms with Crippen LogP contribution in [-0.2, 0) is 0 Å². The molecule has 0 atom stereocenters. The molecular weight excluding hydrogens is 192 g/mol. The summed E-state index contributed by atoms with van der Waals surface area (Å²) in [6, 6.07) is 0. The molecule has 0 aromatic heterocycles. The molecule has 0 bridgehead atoms. The second-order valence-electron chi connectivity index (χ2n) is 5.61. The van der Waals surface area contributed by atoms with E-state index in [1.165, 1.54) is 32.1 Å². The van der Waals surface area contributed by atoms with Crippen LogP contribution in [0.2, 0.25) is 0 Å². The molecule has 2 spiro atoms. The van der Waals surface area contributed by atoms with E-state index in [9.17, 15) is 0 Å². The molecule has 4 aliphatic carbocycles. The fourth-order valence-electron chi connectivity index (χ4n) is 3.59. The molecule has 88 valence electrons. The van der Waals surface area contributed by atoms with Gasteiger partial charge in [-0.3, -0.25) is 0 Å². The number of allylic oxidation sites excluding steroid dienone is 6. The average molecular weight is 216 g/mol. The van der Waals surface area contributed by atoms with Gasteiger partial charge in [0.2, 0.25) is 0 Å². The van der Waals surface area contributed by atoms with Gasteiger partial charge in [-0.25, -0.2) is 0 Å². The van der Waals surface area contributed by atoms with Gasteiger partial charge in [0.15, 0.2) is 0 Å². The smallest absolute Gasteiger partial charge is 0.00350 e. The van der Waals surface area contributed by atoms with Crippen molar-refractivity contribution in [3.8, 4) is 0 Å². The van der Waals surface area contributed by atoms with Crippen molar-refractivity contribution in [2.24, 2.45) is 10.8 Å². The van der Waals surface area contributed by atoms with Crippen molar-refractivity contribution in [1.82, 2.24) is 0 Å². The summed E-state index contributed by atoms with van der Waals surface area (Å²) in [5.74, 6) is 0. The minimum atomic E-state index is 0. The highest BCUT2D eigenvalue weighted by molar-refractivity contribution is 5.53. The third-order valence-electron chi connectivity index (χ3n) is 4.66. The van der Waals surface area contributed by atoms with Crippen molar-refractivity contribution in [2.45, 2.75) is 53.4 Å². The Kier molecular flexibility index (Phi) is 2.45. The SMILES string of the molecule is C.C.C1=CC2=C(C=CC1)C1(CC1)CC21CC1.